The number of aromatic amines is 2. The lowest BCUT2D eigenvalue weighted by molar-refractivity contribution is 0.414. The van der Waals surface area contributed by atoms with Crippen molar-refractivity contribution >= 4 is 33.6 Å². The van der Waals surface area contributed by atoms with Crippen molar-refractivity contribution < 1.29 is 0 Å². The molecule has 0 fully saturated rings. The summed E-state index contributed by atoms with van der Waals surface area (Å²) in [5.74, 6) is 0.724. The molecule has 0 atom stereocenters. The van der Waals surface area contributed by atoms with Gasteiger partial charge in [-0.25, -0.2) is 15.0 Å². The summed E-state index contributed by atoms with van der Waals surface area (Å²) in [4.78, 5) is 21.2. The minimum absolute atomic E-state index is 0.655. The molecule has 4 aromatic rings. The summed E-state index contributed by atoms with van der Waals surface area (Å²) in [5.41, 5.74) is 4.91. The third kappa shape index (κ3) is 2.69. The van der Waals surface area contributed by atoms with Crippen molar-refractivity contribution in [1.82, 2.24) is 29.8 Å². The molecule has 0 spiro atoms. The summed E-state index contributed by atoms with van der Waals surface area (Å²) in [6.07, 6.45) is 6.24. The van der Waals surface area contributed by atoms with Crippen LogP contribution in [0.5, 0.6) is 0 Å². The Morgan fingerprint density at radius 3 is 2.92 bits per heavy atom. The Kier molecular flexibility index (Phi) is 3.62. The Morgan fingerprint density at radius 2 is 2.04 bits per heavy atom. The van der Waals surface area contributed by atoms with Crippen molar-refractivity contribution in [2.45, 2.75) is 6.42 Å². The van der Waals surface area contributed by atoms with Gasteiger partial charge in [0.2, 0.25) is 0 Å². The van der Waals surface area contributed by atoms with Crippen molar-refractivity contribution in [3.05, 3.63) is 42.6 Å². The van der Waals surface area contributed by atoms with Crippen LogP contribution in [-0.2, 0) is 6.42 Å². The highest BCUT2D eigenvalue weighted by Crippen LogP contribution is 2.26. The summed E-state index contributed by atoms with van der Waals surface area (Å²) in [6.45, 7) is 1.02. The molecule has 0 bridgehead atoms. The van der Waals surface area contributed by atoms with Crippen molar-refractivity contribution in [1.29, 1.82) is 0 Å². The fraction of sp³-hybridized carbons (Fsp3) is 0.235. The van der Waals surface area contributed by atoms with Crippen molar-refractivity contribution in [3.8, 4) is 0 Å². The quantitative estimate of drug-likeness (QED) is 0.526. The highest BCUT2D eigenvalue weighted by atomic mass is 15.1. The molecular formula is C17H19N7. The topological polar surface area (TPSA) is 85.5 Å². The smallest absolute Gasteiger partial charge is 0.182 e. The molecule has 24 heavy (non-hydrogen) atoms. The van der Waals surface area contributed by atoms with Gasteiger partial charge in [-0.05, 0) is 44.3 Å². The van der Waals surface area contributed by atoms with E-state index in [1.165, 1.54) is 17.3 Å². The predicted octanol–water partition coefficient (Wildman–Crippen LogP) is 2.68. The van der Waals surface area contributed by atoms with E-state index in [2.05, 4.69) is 67.6 Å². The Balaban J connectivity index is 1.67. The molecule has 0 radical (unpaired) electrons. The first kappa shape index (κ1) is 14.6. The van der Waals surface area contributed by atoms with Crippen LogP contribution < -0.4 is 5.32 Å². The van der Waals surface area contributed by atoms with Crippen molar-refractivity contribution in [2.75, 3.05) is 26.0 Å². The van der Waals surface area contributed by atoms with Crippen LogP contribution in [-0.4, -0.2) is 50.5 Å². The number of likely N-dealkylation sites (N-methyl/N-ethyl adjacent to an activating group) is 1. The number of anilines is 2. The highest BCUT2D eigenvalue weighted by molar-refractivity contribution is 5.89. The number of imidazole rings is 1. The van der Waals surface area contributed by atoms with Gasteiger partial charge in [-0.1, -0.05) is 0 Å². The second kappa shape index (κ2) is 5.93. The first-order valence-electron chi connectivity index (χ1n) is 7.86. The van der Waals surface area contributed by atoms with E-state index in [4.69, 9.17) is 0 Å². The first-order valence-corrected chi connectivity index (χ1v) is 7.86. The number of rotatable bonds is 5. The SMILES string of the molecule is CN(C)CCc1c[nH]c2ccc(Nc3ncnc4nc[nH]c34)cc12. The molecule has 3 N–H and O–H groups in total. The normalized spacial score (nSPS) is 11.6. The lowest BCUT2D eigenvalue weighted by Gasteiger charge is -2.09. The van der Waals surface area contributed by atoms with Gasteiger partial charge in [-0.2, -0.15) is 0 Å². The number of hydrogen-bond acceptors (Lipinski definition) is 5. The van der Waals surface area contributed by atoms with Gasteiger partial charge < -0.3 is 20.2 Å². The standard InChI is InChI=1S/C17H19N7/c1-24(2)6-5-11-8-18-14-4-3-12(7-13(11)14)23-17-15-16(20-9-19-15)21-10-22-17/h3-4,7-10,18H,5-6H2,1-2H3,(H2,19,20,21,22,23). The number of fused-ring (bicyclic) bond motifs is 2. The zero-order valence-corrected chi connectivity index (χ0v) is 13.7. The fourth-order valence-electron chi connectivity index (χ4n) is 2.80. The molecule has 3 heterocycles. The summed E-state index contributed by atoms with van der Waals surface area (Å²) in [6, 6.07) is 6.28. The number of H-pyrrole nitrogens is 2. The fourth-order valence-corrected chi connectivity index (χ4v) is 2.80. The van der Waals surface area contributed by atoms with Crippen LogP contribution in [0.25, 0.3) is 22.1 Å². The zero-order valence-electron chi connectivity index (χ0n) is 13.7. The summed E-state index contributed by atoms with van der Waals surface area (Å²) >= 11 is 0. The van der Waals surface area contributed by atoms with Crippen LogP contribution in [0, 0.1) is 0 Å². The van der Waals surface area contributed by atoms with Crippen LogP contribution in [0.3, 0.4) is 0 Å². The molecule has 0 aliphatic carbocycles. The van der Waals surface area contributed by atoms with E-state index < -0.39 is 0 Å². The number of benzene rings is 1. The van der Waals surface area contributed by atoms with Crippen LogP contribution >= 0.6 is 0 Å². The maximum absolute atomic E-state index is 4.32. The summed E-state index contributed by atoms with van der Waals surface area (Å²) < 4.78 is 0. The number of nitrogens with zero attached hydrogens (tertiary/aromatic N) is 4. The molecule has 0 amide bonds. The van der Waals surface area contributed by atoms with Gasteiger partial charge in [0.25, 0.3) is 0 Å². The lowest BCUT2D eigenvalue weighted by Crippen LogP contribution is -2.14. The van der Waals surface area contributed by atoms with Gasteiger partial charge in [0.1, 0.15) is 11.8 Å². The van der Waals surface area contributed by atoms with E-state index in [1.54, 1.807) is 6.33 Å². The van der Waals surface area contributed by atoms with Gasteiger partial charge in [-0.3, -0.25) is 0 Å². The molecule has 4 rings (SSSR count). The van der Waals surface area contributed by atoms with E-state index in [9.17, 15) is 0 Å². The van der Waals surface area contributed by atoms with Gasteiger partial charge in [0.15, 0.2) is 11.5 Å². The van der Waals surface area contributed by atoms with E-state index in [0.717, 1.165) is 35.5 Å². The highest BCUT2D eigenvalue weighted by Gasteiger charge is 2.08. The maximum Gasteiger partial charge on any atom is 0.182 e. The van der Waals surface area contributed by atoms with E-state index >= 15 is 0 Å². The van der Waals surface area contributed by atoms with Gasteiger partial charge in [0, 0.05) is 29.3 Å². The molecule has 0 saturated carbocycles. The number of hydrogen-bond donors (Lipinski definition) is 3. The number of nitrogens with one attached hydrogen (secondary N) is 3. The summed E-state index contributed by atoms with van der Waals surface area (Å²) in [5, 5.41) is 4.59. The van der Waals surface area contributed by atoms with Crippen molar-refractivity contribution in [3.63, 3.8) is 0 Å². The van der Waals surface area contributed by atoms with Gasteiger partial charge in [0.05, 0.1) is 6.33 Å². The Bertz CT molecular complexity index is 983. The molecule has 0 aliphatic rings. The molecule has 0 saturated heterocycles. The van der Waals surface area contributed by atoms with Crippen LogP contribution in [0.4, 0.5) is 11.5 Å². The average molecular weight is 321 g/mol. The number of aromatic nitrogens is 5. The van der Waals surface area contributed by atoms with Gasteiger partial charge >= 0.3 is 0 Å². The largest absolute Gasteiger partial charge is 0.361 e. The van der Waals surface area contributed by atoms with E-state index in [1.807, 2.05) is 6.07 Å². The average Bonchev–Trinajstić information content (AvgIpc) is 3.20. The predicted molar refractivity (Wildman–Crippen MR) is 95.5 cm³/mol. The first-order chi connectivity index (χ1) is 11.7. The third-order valence-electron chi connectivity index (χ3n) is 4.08. The minimum Gasteiger partial charge on any atom is -0.361 e. The Labute approximate surface area is 139 Å². The van der Waals surface area contributed by atoms with E-state index in [-0.39, 0.29) is 0 Å². The Hall–Kier alpha value is -2.93. The lowest BCUT2D eigenvalue weighted by atomic mass is 10.1. The van der Waals surface area contributed by atoms with Crippen LogP contribution in [0.15, 0.2) is 37.1 Å². The minimum atomic E-state index is 0.655. The van der Waals surface area contributed by atoms with Crippen LogP contribution in [0.2, 0.25) is 0 Å². The Morgan fingerprint density at radius 1 is 1.12 bits per heavy atom. The van der Waals surface area contributed by atoms with Crippen LogP contribution in [0.1, 0.15) is 5.56 Å². The second-order valence-electron chi connectivity index (χ2n) is 6.08. The molecule has 3 aromatic heterocycles. The molecule has 122 valence electrons. The molecular weight excluding hydrogens is 302 g/mol. The second-order valence-corrected chi connectivity index (χ2v) is 6.08. The molecule has 1 aromatic carbocycles. The molecule has 0 unspecified atom stereocenters. The third-order valence-corrected chi connectivity index (χ3v) is 4.08. The van der Waals surface area contributed by atoms with Gasteiger partial charge in [-0.15, -0.1) is 0 Å². The maximum atomic E-state index is 4.32. The summed E-state index contributed by atoms with van der Waals surface area (Å²) in [7, 11) is 4.18. The molecule has 7 heteroatoms. The monoisotopic (exact) mass is 321 g/mol. The van der Waals surface area contributed by atoms with E-state index in [0.29, 0.717) is 5.65 Å². The zero-order chi connectivity index (χ0) is 16.5. The molecule has 0 aliphatic heterocycles. The van der Waals surface area contributed by atoms with Crippen molar-refractivity contribution in [2.24, 2.45) is 0 Å². The molecule has 7 nitrogen and oxygen atoms in total.